The molecule has 0 unspecified atom stereocenters. The fourth-order valence-electron chi connectivity index (χ4n) is 3.66. The molecule has 146 valence electrons. The molecule has 0 radical (unpaired) electrons. The molecule has 0 spiro atoms. The van der Waals surface area contributed by atoms with E-state index >= 15 is 0 Å². The highest BCUT2D eigenvalue weighted by Crippen LogP contribution is 2.15. The smallest absolute Gasteiger partial charge is 0.272 e. The Morgan fingerprint density at radius 2 is 1.72 bits per heavy atom. The first-order chi connectivity index (χ1) is 14.1. The van der Waals surface area contributed by atoms with Gasteiger partial charge < -0.3 is 4.90 Å². The molecule has 1 aromatic heterocycles. The lowest BCUT2D eigenvalue weighted by Gasteiger charge is -2.34. The minimum atomic E-state index is -0.242. The van der Waals surface area contributed by atoms with Gasteiger partial charge in [-0.2, -0.15) is 10.4 Å². The fraction of sp³-hybridized carbons (Fsp3) is 0.273. The molecule has 0 aliphatic carbocycles. The average Bonchev–Trinajstić information content (AvgIpc) is 2.77. The number of rotatable bonds is 4. The minimum Gasteiger partial charge on any atom is -0.340 e. The maximum absolute atomic E-state index is 12.8. The SMILES string of the molecule is N#Cc1ccc(CN2CCN(C(=O)Cc3n[nH]c(=O)c4ccccc34)CC2)cc1. The largest absolute Gasteiger partial charge is 0.340 e. The van der Waals surface area contributed by atoms with Crippen molar-refractivity contribution in [3.05, 3.63) is 75.7 Å². The monoisotopic (exact) mass is 387 g/mol. The Labute approximate surface area is 168 Å². The number of amides is 1. The minimum absolute atomic E-state index is 0.0210. The van der Waals surface area contributed by atoms with E-state index in [1.54, 1.807) is 12.1 Å². The molecule has 1 fully saturated rings. The first-order valence-corrected chi connectivity index (χ1v) is 9.59. The van der Waals surface area contributed by atoms with Gasteiger partial charge in [0, 0.05) is 38.1 Å². The van der Waals surface area contributed by atoms with Gasteiger partial charge in [-0.3, -0.25) is 14.5 Å². The van der Waals surface area contributed by atoms with Gasteiger partial charge in [0.2, 0.25) is 5.91 Å². The lowest BCUT2D eigenvalue weighted by Crippen LogP contribution is -2.48. The van der Waals surface area contributed by atoms with Crippen LogP contribution in [0.3, 0.4) is 0 Å². The molecule has 0 bridgehead atoms. The highest BCUT2D eigenvalue weighted by molar-refractivity contribution is 5.88. The zero-order chi connectivity index (χ0) is 20.2. The van der Waals surface area contributed by atoms with Crippen molar-refractivity contribution >= 4 is 16.7 Å². The number of nitriles is 1. The van der Waals surface area contributed by atoms with Crippen molar-refractivity contribution in [3.8, 4) is 6.07 Å². The first-order valence-electron chi connectivity index (χ1n) is 9.59. The topological polar surface area (TPSA) is 93.1 Å². The molecule has 7 heteroatoms. The van der Waals surface area contributed by atoms with Gasteiger partial charge in [-0.1, -0.05) is 30.3 Å². The number of hydrogen-bond donors (Lipinski definition) is 1. The van der Waals surface area contributed by atoms with Crippen molar-refractivity contribution in [1.29, 1.82) is 5.26 Å². The van der Waals surface area contributed by atoms with Crippen LogP contribution in [-0.4, -0.2) is 52.1 Å². The number of piperazine rings is 1. The predicted molar refractivity (Wildman–Crippen MR) is 109 cm³/mol. The summed E-state index contributed by atoms with van der Waals surface area (Å²) in [7, 11) is 0. The Kier molecular flexibility index (Phi) is 5.36. The van der Waals surface area contributed by atoms with Crippen molar-refractivity contribution in [2.24, 2.45) is 0 Å². The molecule has 2 aromatic carbocycles. The number of aromatic nitrogens is 2. The van der Waals surface area contributed by atoms with E-state index in [0.29, 0.717) is 29.7 Å². The summed E-state index contributed by atoms with van der Waals surface area (Å²) in [6.07, 6.45) is 0.174. The summed E-state index contributed by atoms with van der Waals surface area (Å²) < 4.78 is 0. The molecule has 0 saturated carbocycles. The molecule has 29 heavy (non-hydrogen) atoms. The molecular formula is C22H21N5O2. The van der Waals surface area contributed by atoms with E-state index in [0.717, 1.165) is 30.6 Å². The summed E-state index contributed by atoms with van der Waals surface area (Å²) >= 11 is 0. The molecule has 1 amide bonds. The third kappa shape index (κ3) is 4.18. The van der Waals surface area contributed by atoms with Crippen LogP contribution in [0.2, 0.25) is 0 Å². The number of hydrogen-bond acceptors (Lipinski definition) is 5. The van der Waals surface area contributed by atoms with Crippen molar-refractivity contribution in [2.75, 3.05) is 26.2 Å². The zero-order valence-corrected chi connectivity index (χ0v) is 16.0. The van der Waals surface area contributed by atoms with Crippen LogP contribution in [0.5, 0.6) is 0 Å². The lowest BCUT2D eigenvalue weighted by atomic mass is 10.1. The summed E-state index contributed by atoms with van der Waals surface area (Å²) in [5, 5.41) is 16.8. The number of nitrogens with one attached hydrogen (secondary N) is 1. The summed E-state index contributed by atoms with van der Waals surface area (Å²) in [5.41, 5.74) is 2.18. The van der Waals surface area contributed by atoms with E-state index in [4.69, 9.17) is 5.26 Å². The van der Waals surface area contributed by atoms with E-state index in [9.17, 15) is 9.59 Å². The highest BCUT2D eigenvalue weighted by atomic mass is 16.2. The van der Waals surface area contributed by atoms with E-state index in [2.05, 4.69) is 21.2 Å². The summed E-state index contributed by atoms with van der Waals surface area (Å²) in [6, 6.07) is 17.0. The van der Waals surface area contributed by atoms with Crippen LogP contribution < -0.4 is 5.56 Å². The Hall–Kier alpha value is -3.50. The predicted octanol–water partition coefficient (Wildman–Crippen LogP) is 1.68. The summed E-state index contributed by atoms with van der Waals surface area (Å²) in [4.78, 5) is 28.8. The third-order valence-electron chi connectivity index (χ3n) is 5.31. The molecule has 7 nitrogen and oxygen atoms in total. The molecule has 2 heterocycles. The standard InChI is InChI=1S/C22H21N5O2/c23-14-16-5-7-17(8-6-16)15-26-9-11-27(12-10-26)21(28)13-20-18-3-1-2-4-19(18)22(29)25-24-20/h1-8H,9-13,15H2,(H,25,29). The molecule has 0 atom stereocenters. The number of benzene rings is 2. The van der Waals surface area contributed by atoms with Gasteiger partial charge in [0.05, 0.1) is 29.1 Å². The van der Waals surface area contributed by atoms with E-state index in [1.165, 1.54) is 0 Å². The van der Waals surface area contributed by atoms with Crippen molar-refractivity contribution < 1.29 is 4.79 Å². The summed E-state index contributed by atoms with van der Waals surface area (Å²) in [6.45, 7) is 3.73. The second-order valence-electron chi connectivity index (χ2n) is 7.19. The fourth-order valence-corrected chi connectivity index (χ4v) is 3.66. The van der Waals surface area contributed by atoms with Gasteiger partial charge in [0.1, 0.15) is 0 Å². The van der Waals surface area contributed by atoms with Gasteiger partial charge in [-0.05, 0) is 23.8 Å². The average molecular weight is 387 g/mol. The molecule has 1 aliphatic heterocycles. The Balaban J connectivity index is 1.36. The normalized spacial score (nSPS) is 14.7. The number of carbonyl (C=O) groups is 1. The van der Waals surface area contributed by atoms with E-state index in [-0.39, 0.29) is 17.9 Å². The van der Waals surface area contributed by atoms with Crippen LogP contribution in [0, 0.1) is 11.3 Å². The van der Waals surface area contributed by atoms with E-state index < -0.39 is 0 Å². The van der Waals surface area contributed by atoms with Crippen LogP contribution in [0.25, 0.3) is 10.8 Å². The number of nitrogens with zero attached hydrogens (tertiary/aromatic N) is 4. The van der Waals surface area contributed by atoms with Crippen molar-refractivity contribution in [2.45, 2.75) is 13.0 Å². The third-order valence-corrected chi connectivity index (χ3v) is 5.31. The Morgan fingerprint density at radius 1 is 1.03 bits per heavy atom. The molecule has 4 rings (SSSR count). The Bertz CT molecular complexity index is 1120. The van der Waals surface area contributed by atoms with Crippen LogP contribution in [0.15, 0.2) is 53.3 Å². The number of fused-ring (bicyclic) bond motifs is 1. The quantitative estimate of drug-likeness (QED) is 0.735. The molecule has 1 aliphatic rings. The van der Waals surface area contributed by atoms with Crippen LogP contribution in [-0.2, 0) is 17.8 Å². The number of aromatic amines is 1. The first kappa shape index (κ1) is 18.8. The van der Waals surface area contributed by atoms with Gasteiger partial charge in [-0.25, -0.2) is 5.10 Å². The zero-order valence-electron chi connectivity index (χ0n) is 16.0. The molecular weight excluding hydrogens is 366 g/mol. The highest BCUT2D eigenvalue weighted by Gasteiger charge is 2.22. The van der Waals surface area contributed by atoms with E-state index in [1.807, 2.05) is 41.3 Å². The molecule has 1 N–H and O–H groups in total. The van der Waals surface area contributed by atoms with Crippen molar-refractivity contribution in [1.82, 2.24) is 20.0 Å². The maximum atomic E-state index is 12.8. The van der Waals surface area contributed by atoms with Crippen LogP contribution in [0.4, 0.5) is 0 Å². The second-order valence-corrected chi connectivity index (χ2v) is 7.19. The maximum Gasteiger partial charge on any atom is 0.272 e. The molecule has 3 aromatic rings. The second kappa shape index (κ2) is 8.25. The summed E-state index contributed by atoms with van der Waals surface area (Å²) in [5.74, 6) is 0.0210. The number of carbonyl (C=O) groups excluding carboxylic acids is 1. The van der Waals surface area contributed by atoms with Gasteiger partial charge >= 0.3 is 0 Å². The van der Waals surface area contributed by atoms with Crippen LogP contribution in [0.1, 0.15) is 16.8 Å². The van der Waals surface area contributed by atoms with Gasteiger partial charge in [-0.15, -0.1) is 0 Å². The van der Waals surface area contributed by atoms with Crippen LogP contribution >= 0.6 is 0 Å². The number of H-pyrrole nitrogens is 1. The van der Waals surface area contributed by atoms with Crippen molar-refractivity contribution in [3.63, 3.8) is 0 Å². The van der Waals surface area contributed by atoms with Gasteiger partial charge in [0.25, 0.3) is 5.56 Å². The lowest BCUT2D eigenvalue weighted by molar-refractivity contribution is -0.132. The molecule has 1 saturated heterocycles. The van der Waals surface area contributed by atoms with Gasteiger partial charge in [0.15, 0.2) is 0 Å². The Morgan fingerprint density at radius 3 is 2.41 bits per heavy atom.